The van der Waals surface area contributed by atoms with Crippen molar-refractivity contribution < 1.29 is 14.4 Å². The molecule has 1 aromatic heterocycles. The summed E-state index contributed by atoms with van der Waals surface area (Å²) in [5, 5.41) is 1.15. The molecule has 0 fully saturated rings. The first-order valence-electron chi connectivity index (χ1n) is 4.11. The molecule has 0 aromatic carbocycles. The number of hydrogen-bond donors (Lipinski definition) is 0. The highest BCUT2D eigenvalue weighted by atomic mass is 35.5. The van der Waals surface area contributed by atoms with Crippen LogP contribution in [-0.2, 0) is 14.4 Å². The molecule has 0 unspecified atom stereocenters. The molecule has 0 N–H and O–H groups in total. The van der Waals surface area contributed by atoms with E-state index in [1.807, 2.05) is 0 Å². The number of hydrogen-bond acceptors (Lipinski definition) is 4. The summed E-state index contributed by atoms with van der Waals surface area (Å²) >= 11 is 5.58. The first-order chi connectivity index (χ1) is 7.00. The minimum Gasteiger partial charge on any atom is -0.333 e. The predicted molar refractivity (Wildman–Crippen MR) is 54.2 cm³/mol. The van der Waals surface area contributed by atoms with Crippen LogP contribution in [0, 0.1) is 0 Å². The Kier molecular flexibility index (Phi) is 3.62. The first-order valence-corrected chi connectivity index (χ1v) is 4.49. The molecule has 5 nitrogen and oxygen atoms in total. The number of hydroxylamine groups is 1. The van der Waals surface area contributed by atoms with Crippen molar-refractivity contribution in [3.63, 3.8) is 0 Å². The highest BCUT2D eigenvalue weighted by Gasteiger charge is 2.15. The first kappa shape index (κ1) is 11.5. The van der Waals surface area contributed by atoms with Crippen LogP contribution < -0.4 is 5.06 Å². The van der Waals surface area contributed by atoms with Crippen molar-refractivity contribution in [2.45, 2.75) is 13.8 Å². The van der Waals surface area contributed by atoms with E-state index in [2.05, 4.69) is 4.98 Å². The minimum atomic E-state index is -0.583. The van der Waals surface area contributed by atoms with E-state index in [1.54, 1.807) is 0 Å². The number of aromatic nitrogens is 1. The zero-order valence-electron chi connectivity index (χ0n) is 8.23. The quantitative estimate of drug-likeness (QED) is 0.541. The number of amides is 1. The van der Waals surface area contributed by atoms with Crippen LogP contribution in [0.25, 0.3) is 0 Å². The van der Waals surface area contributed by atoms with Crippen molar-refractivity contribution in [2.24, 2.45) is 0 Å². The van der Waals surface area contributed by atoms with E-state index in [1.165, 1.54) is 32.2 Å². The molecule has 0 aliphatic carbocycles. The summed E-state index contributed by atoms with van der Waals surface area (Å²) in [5.74, 6) is -1.01. The van der Waals surface area contributed by atoms with Crippen molar-refractivity contribution in [1.82, 2.24) is 4.98 Å². The Morgan fingerprint density at radius 2 is 2.07 bits per heavy atom. The molecular formula is C9H9ClN2O3. The van der Waals surface area contributed by atoms with Gasteiger partial charge in [-0.05, 0) is 12.1 Å². The molecule has 0 atom stereocenters. The summed E-state index contributed by atoms with van der Waals surface area (Å²) in [4.78, 5) is 30.4. The Morgan fingerprint density at radius 3 is 2.47 bits per heavy atom. The molecule has 6 heteroatoms. The average molecular weight is 229 g/mol. The smallest absolute Gasteiger partial charge is 0.330 e. The van der Waals surface area contributed by atoms with Crippen LogP contribution in [0.2, 0.25) is 5.15 Å². The van der Waals surface area contributed by atoms with Gasteiger partial charge in [-0.25, -0.2) is 9.78 Å². The zero-order valence-corrected chi connectivity index (χ0v) is 8.99. The maximum atomic E-state index is 11.2. The van der Waals surface area contributed by atoms with Gasteiger partial charge in [-0.3, -0.25) is 4.79 Å². The SMILES string of the molecule is CC(=O)ON(C(C)=O)c1ccc(Cl)nc1. The summed E-state index contributed by atoms with van der Waals surface area (Å²) < 4.78 is 0. The third kappa shape index (κ3) is 3.21. The molecule has 0 aliphatic rings. The van der Waals surface area contributed by atoms with Gasteiger partial charge in [-0.15, -0.1) is 5.06 Å². The number of carbonyl (C=O) groups is 2. The maximum Gasteiger partial charge on any atom is 0.330 e. The van der Waals surface area contributed by atoms with Gasteiger partial charge in [0.15, 0.2) is 0 Å². The summed E-state index contributed by atoms with van der Waals surface area (Å²) in [6.07, 6.45) is 1.34. The molecule has 0 bridgehead atoms. The molecule has 1 heterocycles. The van der Waals surface area contributed by atoms with Gasteiger partial charge in [0.05, 0.1) is 6.20 Å². The normalized spacial score (nSPS) is 9.53. The molecule has 1 aromatic rings. The van der Waals surface area contributed by atoms with E-state index in [0.29, 0.717) is 10.8 Å². The van der Waals surface area contributed by atoms with Crippen molar-refractivity contribution in [3.8, 4) is 0 Å². The molecule has 0 saturated carbocycles. The van der Waals surface area contributed by atoms with E-state index in [4.69, 9.17) is 16.4 Å². The fourth-order valence-corrected chi connectivity index (χ4v) is 1.03. The molecule has 1 rings (SSSR count). The van der Waals surface area contributed by atoms with E-state index in [-0.39, 0.29) is 0 Å². The standard InChI is InChI=1S/C9H9ClN2O3/c1-6(13)12(15-7(2)14)8-3-4-9(10)11-5-8/h3-5H,1-2H3. The third-order valence-corrected chi connectivity index (χ3v) is 1.68. The van der Waals surface area contributed by atoms with Gasteiger partial charge in [-0.1, -0.05) is 11.6 Å². The second-order valence-electron chi connectivity index (χ2n) is 2.74. The minimum absolute atomic E-state index is 0.296. The van der Waals surface area contributed by atoms with Gasteiger partial charge >= 0.3 is 5.97 Å². The Balaban J connectivity index is 2.94. The Bertz CT molecular complexity index is 377. The molecule has 0 spiro atoms. The number of anilines is 1. The van der Waals surface area contributed by atoms with Crippen LogP contribution in [0.15, 0.2) is 18.3 Å². The third-order valence-electron chi connectivity index (χ3n) is 1.45. The van der Waals surface area contributed by atoms with Crippen LogP contribution in [0.3, 0.4) is 0 Å². The second kappa shape index (κ2) is 4.75. The Morgan fingerprint density at radius 1 is 1.40 bits per heavy atom. The molecule has 15 heavy (non-hydrogen) atoms. The lowest BCUT2D eigenvalue weighted by Crippen LogP contribution is -2.30. The van der Waals surface area contributed by atoms with E-state index in [9.17, 15) is 9.59 Å². The van der Waals surface area contributed by atoms with Crippen molar-refractivity contribution in [3.05, 3.63) is 23.5 Å². The van der Waals surface area contributed by atoms with Crippen LogP contribution in [-0.4, -0.2) is 16.9 Å². The lowest BCUT2D eigenvalue weighted by molar-refractivity contribution is -0.147. The van der Waals surface area contributed by atoms with Gasteiger partial charge in [0, 0.05) is 13.8 Å². The number of rotatable bonds is 1. The van der Waals surface area contributed by atoms with Gasteiger partial charge < -0.3 is 4.84 Å². The van der Waals surface area contributed by atoms with Gasteiger partial charge in [-0.2, -0.15) is 0 Å². The van der Waals surface area contributed by atoms with Crippen LogP contribution in [0.4, 0.5) is 5.69 Å². The lowest BCUT2D eigenvalue weighted by Gasteiger charge is -2.17. The highest BCUT2D eigenvalue weighted by Crippen LogP contribution is 2.15. The number of carbonyl (C=O) groups excluding carboxylic acids is 2. The van der Waals surface area contributed by atoms with Gasteiger partial charge in [0.1, 0.15) is 10.8 Å². The lowest BCUT2D eigenvalue weighted by atomic mass is 10.4. The van der Waals surface area contributed by atoms with E-state index in [0.717, 1.165) is 5.06 Å². The number of nitrogens with zero attached hydrogens (tertiary/aromatic N) is 2. The number of pyridine rings is 1. The molecule has 1 amide bonds. The second-order valence-corrected chi connectivity index (χ2v) is 3.12. The summed E-state index contributed by atoms with van der Waals surface area (Å²) in [5.41, 5.74) is 0.349. The maximum absolute atomic E-state index is 11.2. The zero-order chi connectivity index (χ0) is 11.4. The summed E-state index contributed by atoms with van der Waals surface area (Å²) in [6, 6.07) is 3.02. The fraction of sp³-hybridized carbons (Fsp3) is 0.222. The Hall–Kier alpha value is -1.62. The molecule has 80 valence electrons. The van der Waals surface area contributed by atoms with E-state index >= 15 is 0 Å². The van der Waals surface area contributed by atoms with Gasteiger partial charge in [0.25, 0.3) is 5.91 Å². The molecule has 0 saturated heterocycles. The number of halogens is 1. The molecular weight excluding hydrogens is 220 g/mol. The van der Waals surface area contributed by atoms with Crippen LogP contribution in [0.5, 0.6) is 0 Å². The van der Waals surface area contributed by atoms with Crippen molar-refractivity contribution >= 4 is 29.2 Å². The topological polar surface area (TPSA) is 59.5 Å². The largest absolute Gasteiger partial charge is 0.333 e. The van der Waals surface area contributed by atoms with Gasteiger partial charge in [0.2, 0.25) is 0 Å². The van der Waals surface area contributed by atoms with Crippen molar-refractivity contribution in [2.75, 3.05) is 5.06 Å². The highest BCUT2D eigenvalue weighted by molar-refractivity contribution is 6.29. The summed E-state index contributed by atoms with van der Waals surface area (Å²) in [6.45, 7) is 2.48. The Labute approximate surface area is 91.6 Å². The van der Waals surface area contributed by atoms with Crippen LogP contribution >= 0.6 is 11.6 Å². The summed E-state index contributed by atoms with van der Waals surface area (Å²) in [7, 11) is 0. The van der Waals surface area contributed by atoms with Crippen molar-refractivity contribution in [1.29, 1.82) is 0 Å². The fourth-order valence-electron chi connectivity index (χ4n) is 0.915. The molecule has 0 aliphatic heterocycles. The van der Waals surface area contributed by atoms with Crippen LogP contribution in [0.1, 0.15) is 13.8 Å². The average Bonchev–Trinajstić information content (AvgIpc) is 2.15. The van der Waals surface area contributed by atoms with E-state index < -0.39 is 11.9 Å². The monoisotopic (exact) mass is 228 g/mol. The predicted octanol–water partition coefficient (Wildman–Crippen LogP) is 1.57. The molecule has 0 radical (unpaired) electrons.